The Morgan fingerprint density at radius 3 is 2.35 bits per heavy atom. The highest BCUT2D eigenvalue weighted by molar-refractivity contribution is 5.72. The highest BCUT2D eigenvalue weighted by Gasteiger charge is 2.15. The molecule has 0 saturated heterocycles. The molecule has 1 aromatic heterocycles. The highest BCUT2D eigenvalue weighted by Crippen LogP contribution is 2.00. The largest absolute Gasteiger partial charge is 0.480 e. The number of aliphatic carboxylic acids is 2. The Morgan fingerprint density at radius 2 is 1.94 bits per heavy atom. The van der Waals surface area contributed by atoms with Crippen LogP contribution in [-0.2, 0) is 22.7 Å². The van der Waals surface area contributed by atoms with E-state index in [2.05, 4.69) is 10.3 Å². The number of hydrogen-bond acceptors (Lipinski definition) is 5. The minimum atomic E-state index is -1.07. The van der Waals surface area contributed by atoms with Crippen LogP contribution in [0.5, 0.6) is 0 Å². The molecule has 0 saturated carbocycles. The zero-order valence-electron chi connectivity index (χ0n) is 9.41. The first-order chi connectivity index (χ1) is 8.01. The SMILES string of the molecule is CCn1cc(CN(CC(=O)O)CC(=O)O)nn1. The van der Waals surface area contributed by atoms with E-state index < -0.39 is 11.9 Å². The topological polar surface area (TPSA) is 109 Å². The van der Waals surface area contributed by atoms with Crippen molar-refractivity contribution in [3.05, 3.63) is 11.9 Å². The van der Waals surface area contributed by atoms with Gasteiger partial charge in [0.15, 0.2) is 0 Å². The Kier molecular flexibility index (Phi) is 4.58. The van der Waals surface area contributed by atoms with Gasteiger partial charge in [0.1, 0.15) is 0 Å². The van der Waals surface area contributed by atoms with Crippen molar-refractivity contribution in [1.82, 2.24) is 19.9 Å². The number of carboxylic acids is 2. The van der Waals surface area contributed by atoms with Crippen LogP contribution >= 0.6 is 0 Å². The van der Waals surface area contributed by atoms with Crippen molar-refractivity contribution in [3.8, 4) is 0 Å². The van der Waals surface area contributed by atoms with Crippen LogP contribution in [0, 0.1) is 0 Å². The number of aryl methyl sites for hydroxylation is 1. The summed E-state index contributed by atoms with van der Waals surface area (Å²) in [5, 5.41) is 24.9. The third kappa shape index (κ3) is 4.60. The lowest BCUT2D eigenvalue weighted by atomic mass is 10.4. The first-order valence-electron chi connectivity index (χ1n) is 5.06. The number of carboxylic acid groups (broad SMARTS) is 2. The summed E-state index contributed by atoms with van der Waals surface area (Å²) in [6.07, 6.45) is 1.66. The van der Waals surface area contributed by atoms with E-state index in [0.717, 1.165) is 0 Å². The second-order valence-electron chi connectivity index (χ2n) is 3.50. The van der Waals surface area contributed by atoms with Gasteiger partial charge in [-0.1, -0.05) is 5.21 Å². The molecule has 0 aliphatic heterocycles. The molecule has 0 aromatic carbocycles. The summed E-state index contributed by atoms with van der Waals surface area (Å²) in [4.78, 5) is 22.4. The molecule has 2 N–H and O–H groups in total. The molecule has 0 unspecified atom stereocenters. The van der Waals surface area contributed by atoms with E-state index in [1.54, 1.807) is 10.9 Å². The van der Waals surface area contributed by atoms with Gasteiger partial charge in [0.25, 0.3) is 0 Å². The van der Waals surface area contributed by atoms with Crippen LogP contribution in [-0.4, -0.2) is 55.1 Å². The van der Waals surface area contributed by atoms with E-state index in [1.165, 1.54) is 4.90 Å². The fraction of sp³-hybridized carbons (Fsp3) is 0.556. The number of rotatable bonds is 7. The highest BCUT2D eigenvalue weighted by atomic mass is 16.4. The summed E-state index contributed by atoms with van der Waals surface area (Å²) in [6, 6.07) is 0. The molecule has 17 heavy (non-hydrogen) atoms. The maximum Gasteiger partial charge on any atom is 0.317 e. The molecule has 1 aromatic rings. The van der Waals surface area contributed by atoms with Crippen LogP contribution in [0.2, 0.25) is 0 Å². The first kappa shape index (κ1) is 13.1. The van der Waals surface area contributed by atoms with Crippen molar-refractivity contribution in [1.29, 1.82) is 0 Å². The normalized spacial score (nSPS) is 10.7. The molecular weight excluding hydrogens is 228 g/mol. The first-order valence-corrected chi connectivity index (χ1v) is 5.06. The molecule has 1 heterocycles. The smallest absolute Gasteiger partial charge is 0.317 e. The Balaban J connectivity index is 2.64. The fourth-order valence-electron chi connectivity index (χ4n) is 1.34. The van der Waals surface area contributed by atoms with Gasteiger partial charge < -0.3 is 10.2 Å². The Labute approximate surface area is 97.5 Å². The van der Waals surface area contributed by atoms with Gasteiger partial charge >= 0.3 is 11.9 Å². The summed E-state index contributed by atoms with van der Waals surface area (Å²) < 4.78 is 1.59. The molecule has 0 amide bonds. The third-order valence-electron chi connectivity index (χ3n) is 2.01. The fourth-order valence-corrected chi connectivity index (χ4v) is 1.34. The number of nitrogens with zero attached hydrogens (tertiary/aromatic N) is 4. The van der Waals surface area contributed by atoms with Gasteiger partial charge in [0, 0.05) is 19.3 Å². The van der Waals surface area contributed by atoms with Gasteiger partial charge in [-0.2, -0.15) is 0 Å². The maximum absolute atomic E-state index is 10.6. The Bertz CT molecular complexity index is 387. The van der Waals surface area contributed by atoms with Crippen molar-refractivity contribution in [2.24, 2.45) is 0 Å². The van der Waals surface area contributed by atoms with E-state index in [1.807, 2.05) is 6.92 Å². The Morgan fingerprint density at radius 1 is 1.35 bits per heavy atom. The average Bonchev–Trinajstić information content (AvgIpc) is 2.63. The van der Waals surface area contributed by atoms with Gasteiger partial charge in [-0.15, -0.1) is 5.10 Å². The summed E-state index contributed by atoms with van der Waals surface area (Å²) in [7, 11) is 0. The van der Waals surface area contributed by atoms with Gasteiger partial charge in [0.05, 0.1) is 18.8 Å². The van der Waals surface area contributed by atoms with Gasteiger partial charge in [0.2, 0.25) is 0 Å². The molecule has 0 aliphatic carbocycles. The molecule has 0 atom stereocenters. The molecule has 8 heteroatoms. The minimum absolute atomic E-state index is 0.151. The van der Waals surface area contributed by atoms with Gasteiger partial charge in [-0.25, -0.2) is 0 Å². The monoisotopic (exact) mass is 242 g/mol. The molecular formula is C9H14N4O4. The quantitative estimate of drug-likeness (QED) is 0.648. The van der Waals surface area contributed by atoms with E-state index in [4.69, 9.17) is 10.2 Å². The lowest BCUT2D eigenvalue weighted by molar-refractivity contribution is -0.142. The van der Waals surface area contributed by atoms with E-state index in [-0.39, 0.29) is 19.6 Å². The lowest BCUT2D eigenvalue weighted by Crippen LogP contribution is -2.34. The molecule has 0 aliphatic rings. The predicted molar refractivity (Wildman–Crippen MR) is 56.2 cm³/mol. The number of hydrogen-bond donors (Lipinski definition) is 2. The van der Waals surface area contributed by atoms with Crippen molar-refractivity contribution < 1.29 is 19.8 Å². The molecule has 0 spiro atoms. The van der Waals surface area contributed by atoms with Crippen LogP contribution in [0.1, 0.15) is 12.6 Å². The standard InChI is InChI=1S/C9H14N4O4/c1-2-13-4-7(10-11-13)3-12(5-8(14)15)6-9(16)17/h4H,2-3,5-6H2,1H3,(H,14,15)(H,16,17). The molecule has 94 valence electrons. The number of aromatic nitrogens is 3. The summed E-state index contributed by atoms with van der Waals surface area (Å²) in [6.45, 7) is 2.02. The van der Waals surface area contributed by atoms with Crippen LogP contribution in [0.3, 0.4) is 0 Å². The second-order valence-corrected chi connectivity index (χ2v) is 3.50. The van der Waals surface area contributed by atoms with Crippen LogP contribution < -0.4 is 0 Å². The van der Waals surface area contributed by atoms with E-state index in [0.29, 0.717) is 12.2 Å². The predicted octanol–water partition coefficient (Wildman–Crippen LogP) is -0.731. The summed E-state index contributed by atoms with van der Waals surface area (Å²) in [5.74, 6) is -2.15. The molecule has 1 rings (SSSR count). The van der Waals surface area contributed by atoms with Crippen molar-refractivity contribution in [2.75, 3.05) is 13.1 Å². The maximum atomic E-state index is 10.6. The zero-order valence-corrected chi connectivity index (χ0v) is 9.41. The second kappa shape index (κ2) is 5.94. The van der Waals surface area contributed by atoms with Crippen molar-refractivity contribution in [2.45, 2.75) is 20.0 Å². The van der Waals surface area contributed by atoms with Gasteiger partial charge in [-0.05, 0) is 6.92 Å². The van der Waals surface area contributed by atoms with Crippen LogP contribution in [0.25, 0.3) is 0 Å². The third-order valence-corrected chi connectivity index (χ3v) is 2.01. The minimum Gasteiger partial charge on any atom is -0.480 e. The summed E-state index contributed by atoms with van der Waals surface area (Å²) >= 11 is 0. The van der Waals surface area contributed by atoms with E-state index >= 15 is 0 Å². The Hall–Kier alpha value is -1.96. The van der Waals surface area contributed by atoms with Crippen molar-refractivity contribution >= 4 is 11.9 Å². The molecule has 0 radical (unpaired) electrons. The summed E-state index contributed by atoms with van der Waals surface area (Å²) in [5.41, 5.74) is 0.550. The molecule has 8 nitrogen and oxygen atoms in total. The average molecular weight is 242 g/mol. The van der Waals surface area contributed by atoms with E-state index in [9.17, 15) is 9.59 Å². The zero-order chi connectivity index (χ0) is 12.8. The molecule has 0 bridgehead atoms. The van der Waals surface area contributed by atoms with Gasteiger partial charge in [-0.3, -0.25) is 19.2 Å². The molecule has 0 fully saturated rings. The van der Waals surface area contributed by atoms with Crippen LogP contribution in [0.15, 0.2) is 6.20 Å². The van der Waals surface area contributed by atoms with Crippen molar-refractivity contribution in [3.63, 3.8) is 0 Å². The number of carbonyl (C=O) groups is 2. The lowest BCUT2D eigenvalue weighted by Gasteiger charge is -2.15. The van der Waals surface area contributed by atoms with Crippen LogP contribution in [0.4, 0.5) is 0 Å².